The van der Waals surface area contributed by atoms with Crippen LogP contribution in [0.15, 0.2) is 59.6 Å². The zero-order valence-corrected chi connectivity index (χ0v) is 16.1. The molecule has 2 aromatic carbocycles. The van der Waals surface area contributed by atoms with E-state index in [-0.39, 0.29) is 36.4 Å². The summed E-state index contributed by atoms with van der Waals surface area (Å²) >= 11 is 0. The second kappa shape index (κ2) is 8.02. The normalized spacial score (nSPS) is 23.9. The quantitative estimate of drug-likeness (QED) is 0.771. The fourth-order valence-electron chi connectivity index (χ4n) is 3.83. The van der Waals surface area contributed by atoms with Crippen LogP contribution in [0.3, 0.4) is 0 Å². The number of carbonyl (C=O) groups is 4. The molecular formula is C23H20N2O5. The van der Waals surface area contributed by atoms with Gasteiger partial charge in [0.2, 0.25) is 0 Å². The Morgan fingerprint density at radius 2 is 1.63 bits per heavy atom. The van der Waals surface area contributed by atoms with Crippen molar-refractivity contribution in [1.82, 2.24) is 4.90 Å². The molecule has 1 saturated heterocycles. The third-order valence-electron chi connectivity index (χ3n) is 5.63. The van der Waals surface area contributed by atoms with E-state index >= 15 is 0 Å². The Balaban J connectivity index is 1.44. The van der Waals surface area contributed by atoms with E-state index in [1.165, 1.54) is 29.2 Å². The van der Waals surface area contributed by atoms with E-state index < -0.39 is 17.8 Å². The molecule has 3 atom stereocenters. The third kappa shape index (κ3) is 3.91. The van der Waals surface area contributed by atoms with Crippen LogP contribution in [-0.2, 0) is 9.59 Å². The highest BCUT2D eigenvalue weighted by Crippen LogP contribution is 2.38. The van der Waals surface area contributed by atoms with Crippen molar-refractivity contribution in [2.24, 2.45) is 16.8 Å². The van der Waals surface area contributed by atoms with E-state index in [1.807, 2.05) is 30.3 Å². The zero-order valence-electron chi connectivity index (χ0n) is 16.1. The van der Waals surface area contributed by atoms with E-state index in [9.17, 15) is 19.2 Å². The average molecular weight is 404 g/mol. The summed E-state index contributed by atoms with van der Waals surface area (Å²) in [7, 11) is 0. The van der Waals surface area contributed by atoms with Gasteiger partial charge in [0.05, 0.1) is 11.5 Å². The van der Waals surface area contributed by atoms with Crippen LogP contribution in [0.1, 0.15) is 38.6 Å². The van der Waals surface area contributed by atoms with Gasteiger partial charge in [0.25, 0.3) is 11.8 Å². The maximum atomic E-state index is 12.7. The first kappa shape index (κ1) is 19.7. The standard InChI is InChI=1S/C23H20N2O5/c26-13-17-11-25(22(28)15-6-8-16(9-7-15)23(29)30)12-19(17)21(27)24-20-10-18(20)14-4-2-1-3-5-14/h1-9,13,17-19H,10-12H2,(H,29,30)/b24-20-/t17-,18+,19+/m1/s1. The number of rotatable bonds is 5. The Morgan fingerprint density at radius 1 is 0.967 bits per heavy atom. The van der Waals surface area contributed by atoms with Crippen LogP contribution in [-0.4, -0.2) is 52.9 Å². The van der Waals surface area contributed by atoms with Gasteiger partial charge in [0.1, 0.15) is 6.29 Å². The van der Waals surface area contributed by atoms with E-state index in [2.05, 4.69) is 4.99 Å². The third-order valence-corrected chi connectivity index (χ3v) is 5.63. The lowest BCUT2D eigenvalue weighted by atomic mass is 9.97. The van der Waals surface area contributed by atoms with Crippen LogP contribution in [0.2, 0.25) is 0 Å². The van der Waals surface area contributed by atoms with Gasteiger partial charge in [-0.1, -0.05) is 30.3 Å². The second-order valence-corrected chi connectivity index (χ2v) is 7.61. The molecule has 0 bridgehead atoms. The van der Waals surface area contributed by atoms with Crippen molar-refractivity contribution >= 4 is 29.8 Å². The Morgan fingerprint density at radius 3 is 2.27 bits per heavy atom. The lowest BCUT2D eigenvalue weighted by Crippen LogP contribution is -2.29. The number of carbonyl (C=O) groups excluding carboxylic acids is 3. The van der Waals surface area contributed by atoms with Crippen LogP contribution < -0.4 is 0 Å². The molecule has 7 heteroatoms. The van der Waals surface area contributed by atoms with Crippen molar-refractivity contribution in [2.45, 2.75) is 12.3 Å². The molecule has 30 heavy (non-hydrogen) atoms. The highest BCUT2D eigenvalue weighted by Gasteiger charge is 2.41. The van der Waals surface area contributed by atoms with Gasteiger partial charge in [0.15, 0.2) is 0 Å². The first-order valence-corrected chi connectivity index (χ1v) is 9.72. The number of aromatic carboxylic acids is 1. The lowest BCUT2D eigenvalue weighted by molar-refractivity contribution is -0.125. The van der Waals surface area contributed by atoms with Crippen molar-refractivity contribution < 1.29 is 24.3 Å². The monoisotopic (exact) mass is 404 g/mol. The van der Waals surface area contributed by atoms with Crippen molar-refractivity contribution in [3.05, 3.63) is 71.3 Å². The summed E-state index contributed by atoms with van der Waals surface area (Å²) in [6.45, 7) is 0.265. The molecule has 2 aromatic rings. The van der Waals surface area contributed by atoms with E-state index in [0.717, 1.165) is 17.7 Å². The molecule has 1 aliphatic carbocycles. The van der Waals surface area contributed by atoms with Crippen LogP contribution >= 0.6 is 0 Å². The molecule has 1 aliphatic heterocycles. The number of amides is 2. The van der Waals surface area contributed by atoms with Gasteiger partial charge in [-0.2, -0.15) is 0 Å². The molecule has 2 fully saturated rings. The highest BCUT2D eigenvalue weighted by atomic mass is 16.4. The maximum Gasteiger partial charge on any atom is 0.335 e. The van der Waals surface area contributed by atoms with Crippen molar-refractivity contribution in [3.63, 3.8) is 0 Å². The minimum absolute atomic E-state index is 0.0834. The Kier molecular flexibility index (Phi) is 5.27. The van der Waals surface area contributed by atoms with Gasteiger partial charge in [0, 0.05) is 36.2 Å². The Hall–Kier alpha value is -3.61. The van der Waals surface area contributed by atoms with Gasteiger partial charge in [-0.15, -0.1) is 0 Å². The number of aldehydes is 1. The van der Waals surface area contributed by atoms with Crippen LogP contribution in [0.5, 0.6) is 0 Å². The molecule has 2 amide bonds. The van der Waals surface area contributed by atoms with Crippen LogP contribution in [0.4, 0.5) is 0 Å². The number of aliphatic imine (C=N–C) groups is 1. The Labute approximate surface area is 173 Å². The number of benzene rings is 2. The summed E-state index contributed by atoms with van der Waals surface area (Å²) in [6, 6.07) is 15.4. The second-order valence-electron chi connectivity index (χ2n) is 7.61. The molecule has 0 spiro atoms. The number of hydrogen-bond acceptors (Lipinski definition) is 4. The minimum Gasteiger partial charge on any atom is -0.478 e. The van der Waals surface area contributed by atoms with E-state index in [1.54, 1.807) is 0 Å². The molecule has 0 radical (unpaired) electrons. The van der Waals surface area contributed by atoms with Gasteiger partial charge in [-0.05, 0) is 36.2 Å². The van der Waals surface area contributed by atoms with E-state index in [0.29, 0.717) is 11.8 Å². The molecule has 0 unspecified atom stereocenters. The number of likely N-dealkylation sites (tertiary alicyclic amines) is 1. The Bertz CT molecular complexity index is 1030. The minimum atomic E-state index is -1.07. The van der Waals surface area contributed by atoms with Crippen molar-refractivity contribution in [3.8, 4) is 0 Å². The topological polar surface area (TPSA) is 104 Å². The largest absolute Gasteiger partial charge is 0.478 e. The van der Waals surface area contributed by atoms with Crippen molar-refractivity contribution in [2.75, 3.05) is 13.1 Å². The fraction of sp³-hybridized carbons (Fsp3) is 0.261. The van der Waals surface area contributed by atoms with Crippen LogP contribution in [0.25, 0.3) is 0 Å². The molecule has 2 aliphatic rings. The van der Waals surface area contributed by atoms with E-state index in [4.69, 9.17) is 5.11 Å². The first-order chi connectivity index (χ1) is 14.5. The van der Waals surface area contributed by atoms with Gasteiger partial charge in [-0.25, -0.2) is 9.79 Å². The smallest absolute Gasteiger partial charge is 0.335 e. The summed E-state index contributed by atoms with van der Waals surface area (Å²) < 4.78 is 0. The fourth-order valence-corrected chi connectivity index (χ4v) is 3.83. The number of hydrogen-bond donors (Lipinski definition) is 1. The maximum absolute atomic E-state index is 12.7. The summed E-state index contributed by atoms with van der Waals surface area (Å²) in [6.07, 6.45) is 1.44. The number of carboxylic acid groups (broad SMARTS) is 1. The highest BCUT2D eigenvalue weighted by molar-refractivity contribution is 6.11. The van der Waals surface area contributed by atoms with Gasteiger partial charge in [-0.3, -0.25) is 9.59 Å². The summed E-state index contributed by atoms with van der Waals surface area (Å²) in [4.78, 5) is 53.6. The first-order valence-electron chi connectivity index (χ1n) is 9.72. The summed E-state index contributed by atoms with van der Waals surface area (Å²) in [5, 5.41) is 8.97. The average Bonchev–Trinajstić information content (AvgIpc) is 3.39. The summed E-state index contributed by atoms with van der Waals surface area (Å²) in [5.41, 5.74) is 2.32. The predicted octanol–water partition coefficient (Wildman–Crippen LogP) is 2.43. The number of nitrogens with zero attached hydrogens (tertiary/aromatic N) is 2. The molecule has 7 nitrogen and oxygen atoms in total. The lowest BCUT2D eigenvalue weighted by Gasteiger charge is -2.16. The molecule has 4 rings (SSSR count). The van der Waals surface area contributed by atoms with Crippen LogP contribution in [0, 0.1) is 11.8 Å². The number of carboxylic acids is 1. The molecule has 1 heterocycles. The molecule has 152 valence electrons. The molecule has 1 saturated carbocycles. The SMILES string of the molecule is O=C[C@H]1CN(C(=O)c2ccc(C(=O)O)cc2)C[C@@H]1C(=O)/N=C1/C[C@H]1c1ccccc1. The predicted molar refractivity (Wildman–Crippen MR) is 109 cm³/mol. The van der Waals surface area contributed by atoms with Crippen molar-refractivity contribution in [1.29, 1.82) is 0 Å². The molecule has 1 N–H and O–H groups in total. The van der Waals surface area contributed by atoms with Gasteiger partial charge < -0.3 is 14.8 Å². The summed E-state index contributed by atoms with van der Waals surface area (Å²) in [5.74, 6) is -2.88. The molecule has 0 aromatic heterocycles. The zero-order chi connectivity index (χ0) is 21.3. The van der Waals surface area contributed by atoms with Gasteiger partial charge >= 0.3 is 5.97 Å². The molecular weight excluding hydrogens is 384 g/mol.